The predicted octanol–water partition coefficient (Wildman–Crippen LogP) is -0.581. The summed E-state index contributed by atoms with van der Waals surface area (Å²) in [6.07, 6.45) is -3.73. The van der Waals surface area contributed by atoms with Crippen LogP contribution in [0.4, 0.5) is 5.82 Å². The van der Waals surface area contributed by atoms with Crippen LogP contribution in [0.3, 0.4) is 0 Å². The SMILES string of the molecule is COc1ccc(CNc2ncnc3c2ncn3C2O[C@H](CO)[C@@H](O)[C@H](O)[C@H]2O)cc1. The van der Waals surface area contributed by atoms with Gasteiger partial charge >= 0.3 is 0 Å². The van der Waals surface area contributed by atoms with Crippen LogP contribution in [0.2, 0.25) is 0 Å². The van der Waals surface area contributed by atoms with Crippen LogP contribution in [-0.2, 0) is 11.3 Å². The lowest BCUT2D eigenvalue weighted by atomic mass is 9.98. The molecule has 4 rings (SSSR count). The molecule has 0 bridgehead atoms. The fraction of sp³-hybridized carbons (Fsp3) is 0.421. The Bertz CT molecular complexity index is 995. The van der Waals surface area contributed by atoms with E-state index in [1.54, 1.807) is 7.11 Å². The van der Waals surface area contributed by atoms with Gasteiger partial charge < -0.3 is 35.2 Å². The Labute approximate surface area is 171 Å². The van der Waals surface area contributed by atoms with Crippen LogP contribution in [0.25, 0.3) is 11.2 Å². The van der Waals surface area contributed by atoms with E-state index in [4.69, 9.17) is 9.47 Å². The van der Waals surface area contributed by atoms with Crippen LogP contribution in [-0.4, -0.2) is 78.1 Å². The van der Waals surface area contributed by atoms with Crippen molar-refractivity contribution in [2.75, 3.05) is 19.0 Å². The molecule has 1 saturated heterocycles. The quantitative estimate of drug-likeness (QED) is 0.352. The molecule has 1 fully saturated rings. The summed E-state index contributed by atoms with van der Waals surface area (Å²) in [6, 6.07) is 7.58. The Morgan fingerprint density at radius 3 is 2.53 bits per heavy atom. The maximum Gasteiger partial charge on any atom is 0.167 e. The van der Waals surface area contributed by atoms with Gasteiger partial charge in [-0.05, 0) is 17.7 Å². The van der Waals surface area contributed by atoms with Crippen LogP contribution in [0.1, 0.15) is 11.8 Å². The lowest BCUT2D eigenvalue weighted by Gasteiger charge is -2.40. The molecule has 0 spiro atoms. The number of hydrogen-bond acceptors (Lipinski definition) is 10. The molecule has 5 N–H and O–H groups in total. The molecule has 0 saturated carbocycles. The van der Waals surface area contributed by atoms with E-state index in [1.807, 2.05) is 24.3 Å². The monoisotopic (exact) mass is 417 g/mol. The largest absolute Gasteiger partial charge is 0.497 e. The van der Waals surface area contributed by atoms with Gasteiger partial charge in [-0.3, -0.25) is 4.57 Å². The van der Waals surface area contributed by atoms with E-state index < -0.39 is 37.3 Å². The number of imidazole rings is 1. The van der Waals surface area contributed by atoms with Gasteiger partial charge in [0, 0.05) is 6.54 Å². The number of benzene rings is 1. The maximum atomic E-state index is 10.4. The minimum absolute atomic E-state index is 0.367. The van der Waals surface area contributed by atoms with Gasteiger partial charge in [0.05, 0.1) is 20.0 Å². The van der Waals surface area contributed by atoms with Crippen molar-refractivity contribution < 1.29 is 29.9 Å². The number of aliphatic hydroxyl groups is 4. The second-order valence-corrected chi connectivity index (χ2v) is 6.97. The van der Waals surface area contributed by atoms with E-state index >= 15 is 0 Å². The summed E-state index contributed by atoms with van der Waals surface area (Å²) in [6.45, 7) is -0.0270. The second kappa shape index (κ2) is 8.50. The Balaban J connectivity index is 1.58. The third-order valence-corrected chi connectivity index (χ3v) is 5.12. The molecule has 5 atom stereocenters. The van der Waals surface area contributed by atoms with E-state index in [0.717, 1.165) is 11.3 Å². The second-order valence-electron chi connectivity index (χ2n) is 6.97. The standard InChI is InChI=1S/C19H23N5O6/c1-29-11-4-2-10(3-5-11)6-20-17-13-18(22-8-21-17)24(9-23-13)19-16(28)15(27)14(26)12(7-25)30-19/h2-5,8-9,12,14-16,19,25-28H,6-7H2,1H3,(H,20,21,22)/t12-,14-,15+,16-,19?/m1/s1. The molecule has 1 aromatic carbocycles. The van der Waals surface area contributed by atoms with Gasteiger partial charge in [-0.25, -0.2) is 15.0 Å². The summed E-state index contributed by atoms with van der Waals surface area (Å²) in [5.41, 5.74) is 1.82. The third-order valence-electron chi connectivity index (χ3n) is 5.12. The fourth-order valence-corrected chi connectivity index (χ4v) is 3.41. The van der Waals surface area contributed by atoms with Crippen LogP contribution < -0.4 is 10.1 Å². The zero-order valence-electron chi connectivity index (χ0n) is 16.2. The number of nitrogens with one attached hydrogen (secondary N) is 1. The number of fused-ring (bicyclic) bond motifs is 1. The Morgan fingerprint density at radius 2 is 1.83 bits per heavy atom. The highest BCUT2D eigenvalue weighted by Crippen LogP contribution is 2.31. The van der Waals surface area contributed by atoms with Gasteiger partial charge in [-0.15, -0.1) is 0 Å². The number of rotatable bonds is 6. The fourth-order valence-electron chi connectivity index (χ4n) is 3.41. The Hall–Kier alpha value is -2.83. The van der Waals surface area contributed by atoms with Crippen molar-refractivity contribution in [3.05, 3.63) is 42.5 Å². The highest BCUT2D eigenvalue weighted by atomic mass is 16.6. The maximum absolute atomic E-state index is 10.4. The highest BCUT2D eigenvalue weighted by Gasteiger charge is 2.44. The molecule has 3 heterocycles. The lowest BCUT2D eigenvalue weighted by molar-refractivity contribution is -0.250. The first-order valence-electron chi connectivity index (χ1n) is 9.38. The molecule has 30 heavy (non-hydrogen) atoms. The number of hydrogen-bond donors (Lipinski definition) is 5. The summed E-state index contributed by atoms with van der Waals surface area (Å²) in [5, 5.41) is 43.0. The summed E-state index contributed by atoms with van der Waals surface area (Å²) >= 11 is 0. The minimum atomic E-state index is -1.49. The molecule has 11 heteroatoms. The number of anilines is 1. The molecule has 1 unspecified atom stereocenters. The van der Waals surface area contributed by atoms with E-state index in [0.29, 0.717) is 23.5 Å². The molecule has 1 aliphatic rings. The van der Waals surface area contributed by atoms with E-state index in [1.165, 1.54) is 17.2 Å². The number of nitrogens with zero attached hydrogens (tertiary/aromatic N) is 4. The van der Waals surface area contributed by atoms with Crippen LogP contribution in [0.15, 0.2) is 36.9 Å². The number of methoxy groups -OCH3 is 1. The molecule has 0 radical (unpaired) electrons. The molecule has 0 amide bonds. The van der Waals surface area contributed by atoms with E-state index in [-0.39, 0.29) is 0 Å². The van der Waals surface area contributed by atoms with Gasteiger partial charge in [0.25, 0.3) is 0 Å². The first-order chi connectivity index (χ1) is 14.5. The zero-order valence-corrected chi connectivity index (χ0v) is 16.2. The van der Waals surface area contributed by atoms with Crippen molar-refractivity contribution >= 4 is 17.0 Å². The van der Waals surface area contributed by atoms with Gasteiger partial charge in [-0.1, -0.05) is 12.1 Å². The normalized spacial score (nSPS) is 26.6. The molecule has 1 aliphatic heterocycles. The van der Waals surface area contributed by atoms with Crippen LogP contribution in [0, 0.1) is 0 Å². The van der Waals surface area contributed by atoms with Crippen molar-refractivity contribution in [2.45, 2.75) is 37.2 Å². The summed E-state index contributed by atoms with van der Waals surface area (Å²) < 4.78 is 12.2. The smallest absolute Gasteiger partial charge is 0.167 e. The first-order valence-corrected chi connectivity index (χ1v) is 9.38. The van der Waals surface area contributed by atoms with Crippen LogP contribution in [0.5, 0.6) is 5.75 Å². The Kier molecular flexibility index (Phi) is 5.79. The average Bonchev–Trinajstić information content (AvgIpc) is 3.21. The van der Waals surface area contributed by atoms with Gasteiger partial charge in [-0.2, -0.15) is 0 Å². The molecule has 160 valence electrons. The molecular weight excluding hydrogens is 394 g/mol. The zero-order chi connectivity index (χ0) is 21.3. The molecular formula is C19H23N5O6. The van der Waals surface area contributed by atoms with Gasteiger partial charge in [0.15, 0.2) is 23.2 Å². The lowest BCUT2D eigenvalue weighted by Crippen LogP contribution is -2.56. The summed E-state index contributed by atoms with van der Waals surface area (Å²) in [7, 11) is 1.61. The van der Waals surface area contributed by atoms with Crippen molar-refractivity contribution in [1.82, 2.24) is 19.5 Å². The van der Waals surface area contributed by atoms with E-state index in [2.05, 4.69) is 20.3 Å². The van der Waals surface area contributed by atoms with Gasteiger partial charge in [0.1, 0.15) is 36.5 Å². The topological polar surface area (TPSA) is 155 Å². The van der Waals surface area contributed by atoms with Crippen LogP contribution >= 0.6 is 0 Å². The highest BCUT2D eigenvalue weighted by molar-refractivity contribution is 5.82. The minimum Gasteiger partial charge on any atom is -0.497 e. The Morgan fingerprint density at radius 1 is 1.07 bits per heavy atom. The predicted molar refractivity (Wildman–Crippen MR) is 105 cm³/mol. The number of aromatic nitrogens is 4. The van der Waals surface area contributed by atoms with Crippen molar-refractivity contribution in [3.63, 3.8) is 0 Å². The third kappa shape index (κ3) is 3.68. The number of aliphatic hydroxyl groups excluding tert-OH is 4. The van der Waals surface area contributed by atoms with Crippen molar-refractivity contribution in [3.8, 4) is 5.75 Å². The summed E-state index contributed by atoms with van der Waals surface area (Å²) in [4.78, 5) is 12.8. The molecule has 0 aliphatic carbocycles. The van der Waals surface area contributed by atoms with Crippen molar-refractivity contribution in [2.24, 2.45) is 0 Å². The molecule has 3 aromatic rings. The first kappa shape index (κ1) is 20.4. The molecule has 11 nitrogen and oxygen atoms in total. The van der Waals surface area contributed by atoms with Crippen molar-refractivity contribution in [1.29, 1.82) is 0 Å². The average molecular weight is 417 g/mol. The van der Waals surface area contributed by atoms with Gasteiger partial charge in [0.2, 0.25) is 0 Å². The van der Waals surface area contributed by atoms with E-state index in [9.17, 15) is 20.4 Å². The number of ether oxygens (including phenoxy) is 2. The molecule has 2 aromatic heterocycles. The summed E-state index contributed by atoms with van der Waals surface area (Å²) in [5.74, 6) is 1.25.